The number of hydrogen-bond donors (Lipinski definition) is 0. The van der Waals surface area contributed by atoms with Crippen LogP contribution in [-0.2, 0) is 4.79 Å². The Hall–Kier alpha value is -0.530. The highest BCUT2D eigenvalue weighted by Crippen LogP contribution is 1.86. The second kappa shape index (κ2) is 4.62. The topological polar surface area (TPSA) is 20.3 Å². The van der Waals surface area contributed by atoms with Crippen molar-refractivity contribution >= 4 is 6.41 Å². The molecule has 0 aliphatic rings. The summed E-state index contributed by atoms with van der Waals surface area (Å²) in [6, 6.07) is 0. The van der Waals surface area contributed by atoms with E-state index in [1.165, 1.54) is 4.90 Å². The minimum Gasteiger partial charge on any atom is -0.338 e. The first-order valence-corrected chi connectivity index (χ1v) is 2.90. The van der Waals surface area contributed by atoms with E-state index in [4.69, 9.17) is 0 Å². The normalized spacial score (nSPS) is 8.75. The van der Waals surface area contributed by atoms with Crippen molar-refractivity contribution in [3.05, 3.63) is 0 Å². The lowest BCUT2D eigenvalue weighted by Gasteiger charge is -2.05. The van der Waals surface area contributed by atoms with Gasteiger partial charge in [-0.25, -0.2) is 0 Å². The molecule has 0 saturated heterocycles. The number of amides is 1. The van der Waals surface area contributed by atoms with Crippen molar-refractivity contribution in [1.82, 2.24) is 4.90 Å². The molecule has 0 unspecified atom stereocenters. The Kier molecular flexibility index (Phi) is 4.32. The van der Waals surface area contributed by atoms with Gasteiger partial charge >= 0.3 is 6.41 Å². The molecule has 47 valence electrons. The van der Waals surface area contributed by atoms with E-state index in [0.29, 0.717) is 0 Å². The van der Waals surface area contributed by atoms with Gasteiger partial charge in [-0.1, -0.05) is 13.3 Å². The fourth-order valence-corrected chi connectivity index (χ4v) is 0.441. The zero-order valence-electron chi connectivity index (χ0n) is 5.48. The summed E-state index contributed by atoms with van der Waals surface area (Å²) in [7, 11) is 1.74. The van der Waals surface area contributed by atoms with Crippen LogP contribution >= 0.6 is 0 Å². The van der Waals surface area contributed by atoms with Crippen molar-refractivity contribution in [2.75, 3.05) is 13.6 Å². The maximum absolute atomic E-state index is 9.81. The van der Waals surface area contributed by atoms with Crippen LogP contribution in [0, 0.1) is 0 Å². The lowest BCUT2D eigenvalue weighted by atomic mass is 10.3. The summed E-state index contributed by atoms with van der Waals surface area (Å²) in [5.74, 6) is 0. The molecule has 2 nitrogen and oxygen atoms in total. The predicted molar refractivity (Wildman–Crippen MR) is 33.2 cm³/mol. The molecule has 1 radical (unpaired) electrons. The molecule has 0 rings (SSSR count). The summed E-state index contributed by atoms with van der Waals surface area (Å²) < 4.78 is 0. The lowest BCUT2D eigenvalue weighted by Crippen LogP contribution is -2.16. The first-order valence-electron chi connectivity index (χ1n) is 2.90. The SMILES string of the molecule is CCCCN(C)[C]=O. The van der Waals surface area contributed by atoms with Crippen LogP contribution in [0.3, 0.4) is 0 Å². The molecule has 0 bridgehead atoms. The van der Waals surface area contributed by atoms with Gasteiger partial charge in [0.2, 0.25) is 0 Å². The van der Waals surface area contributed by atoms with Crippen LogP contribution in [0.4, 0.5) is 0 Å². The Bertz CT molecular complexity index is 63.5. The highest BCUT2D eigenvalue weighted by atomic mass is 16.1. The molecule has 0 aliphatic heterocycles. The molecule has 0 aromatic heterocycles. The standard InChI is InChI=1S/C6H12NO/c1-3-4-5-7(2)6-8/h3-5H2,1-2H3. The number of hydrogen-bond acceptors (Lipinski definition) is 1. The smallest absolute Gasteiger partial charge is 0.311 e. The molecule has 0 aromatic carbocycles. The molecule has 8 heavy (non-hydrogen) atoms. The van der Waals surface area contributed by atoms with E-state index < -0.39 is 0 Å². The van der Waals surface area contributed by atoms with Gasteiger partial charge in [0.25, 0.3) is 0 Å². The second-order valence-electron chi connectivity index (χ2n) is 1.87. The van der Waals surface area contributed by atoms with Crippen LogP contribution < -0.4 is 0 Å². The van der Waals surface area contributed by atoms with Crippen molar-refractivity contribution in [3.8, 4) is 0 Å². The van der Waals surface area contributed by atoms with Crippen molar-refractivity contribution in [1.29, 1.82) is 0 Å². The van der Waals surface area contributed by atoms with Crippen molar-refractivity contribution < 1.29 is 4.79 Å². The summed E-state index contributed by atoms with van der Waals surface area (Å²) in [6.45, 7) is 2.93. The molecular formula is C6H12NO. The third kappa shape index (κ3) is 3.65. The van der Waals surface area contributed by atoms with Crippen LogP contribution in [0.2, 0.25) is 0 Å². The van der Waals surface area contributed by atoms with Crippen molar-refractivity contribution in [2.45, 2.75) is 19.8 Å². The van der Waals surface area contributed by atoms with E-state index in [1.807, 2.05) is 0 Å². The molecule has 0 atom stereocenters. The summed E-state index contributed by atoms with van der Waals surface area (Å²) in [5, 5.41) is 0. The van der Waals surface area contributed by atoms with Gasteiger partial charge in [-0.15, -0.1) is 0 Å². The second-order valence-corrected chi connectivity index (χ2v) is 1.87. The molecule has 0 spiro atoms. The zero-order valence-corrected chi connectivity index (χ0v) is 5.48. The molecule has 0 saturated carbocycles. The highest BCUT2D eigenvalue weighted by molar-refractivity contribution is 5.47. The largest absolute Gasteiger partial charge is 0.338 e. The number of nitrogens with zero attached hydrogens (tertiary/aromatic N) is 1. The highest BCUT2D eigenvalue weighted by Gasteiger charge is 1.89. The van der Waals surface area contributed by atoms with Crippen LogP contribution in [0.15, 0.2) is 0 Å². The quantitative estimate of drug-likeness (QED) is 0.495. The minimum absolute atomic E-state index is 0.833. The zero-order chi connectivity index (χ0) is 6.41. The Morgan fingerprint density at radius 2 is 2.25 bits per heavy atom. The minimum atomic E-state index is 0.833. The summed E-state index contributed by atoms with van der Waals surface area (Å²) in [4.78, 5) is 11.3. The monoisotopic (exact) mass is 114 g/mol. The molecule has 0 aliphatic carbocycles. The van der Waals surface area contributed by atoms with Gasteiger partial charge in [0.05, 0.1) is 0 Å². The van der Waals surface area contributed by atoms with E-state index in [9.17, 15) is 4.79 Å². The third-order valence-corrected chi connectivity index (χ3v) is 1.00. The van der Waals surface area contributed by atoms with Gasteiger partial charge in [0.1, 0.15) is 0 Å². The molecule has 0 N–H and O–H groups in total. The molecule has 2 heteroatoms. The Labute approximate surface area is 50.5 Å². The van der Waals surface area contributed by atoms with Gasteiger partial charge in [-0.3, -0.25) is 4.79 Å². The van der Waals surface area contributed by atoms with E-state index in [2.05, 4.69) is 6.92 Å². The van der Waals surface area contributed by atoms with Crippen LogP contribution in [0.1, 0.15) is 19.8 Å². The maximum atomic E-state index is 9.81. The fourth-order valence-electron chi connectivity index (χ4n) is 0.441. The Balaban J connectivity index is 2.98. The van der Waals surface area contributed by atoms with Gasteiger partial charge in [-0.2, -0.15) is 0 Å². The third-order valence-electron chi connectivity index (χ3n) is 1.00. The van der Waals surface area contributed by atoms with E-state index in [0.717, 1.165) is 19.4 Å². The summed E-state index contributed by atoms with van der Waals surface area (Å²) >= 11 is 0. The predicted octanol–water partition coefficient (Wildman–Crippen LogP) is 0.786. The maximum Gasteiger partial charge on any atom is 0.311 e. The van der Waals surface area contributed by atoms with Crippen LogP contribution in [0.5, 0.6) is 0 Å². The first kappa shape index (κ1) is 7.47. The molecule has 1 amide bonds. The Morgan fingerprint density at radius 3 is 2.62 bits per heavy atom. The lowest BCUT2D eigenvalue weighted by molar-refractivity contribution is 0.426. The Morgan fingerprint density at radius 1 is 1.62 bits per heavy atom. The molecular weight excluding hydrogens is 102 g/mol. The fraction of sp³-hybridized carbons (Fsp3) is 0.833. The van der Waals surface area contributed by atoms with Gasteiger partial charge in [0, 0.05) is 13.6 Å². The summed E-state index contributed by atoms with van der Waals surface area (Å²) in [5.41, 5.74) is 0. The van der Waals surface area contributed by atoms with Gasteiger partial charge in [0.15, 0.2) is 0 Å². The molecule has 0 fully saturated rings. The average molecular weight is 114 g/mol. The van der Waals surface area contributed by atoms with Crippen LogP contribution in [0.25, 0.3) is 0 Å². The van der Waals surface area contributed by atoms with Crippen molar-refractivity contribution in [2.24, 2.45) is 0 Å². The number of unbranched alkanes of at least 4 members (excludes halogenated alkanes) is 1. The van der Waals surface area contributed by atoms with Gasteiger partial charge < -0.3 is 4.90 Å². The van der Waals surface area contributed by atoms with Gasteiger partial charge in [-0.05, 0) is 6.42 Å². The van der Waals surface area contributed by atoms with E-state index in [-0.39, 0.29) is 0 Å². The van der Waals surface area contributed by atoms with E-state index in [1.54, 1.807) is 13.5 Å². The molecule has 0 heterocycles. The number of carbonyl (C=O) groups excluding carboxylic acids is 1. The summed E-state index contributed by atoms with van der Waals surface area (Å²) in [6.07, 6.45) is 3.99. The van der Waals surface area contributed by atoms with Crippen LogP contribution in [-0.4, -0.2) is 24.9 Å². The van der Waals surface area contributed by atoms with E-state index >= 15 is 0 Å². The number of rotatable bonds is 4. The average Bonchev–Trinajstić information content (AvgIpc) is 1.83. The molecule has 0 aromatic rings. The first-order chi connectivity index (χ1) is 3.81. The van der Waals surface area contributed by atoms with Crippen molar-refractivity contribution in [3.63, 3.8) is 0 Å².